The highest BCUT2D eigenvalue weighted by Gasteiger charge is 2.52. The van der Waals surface area contributed by atoms with Gasteiger partial charge in [-0.15, -0.1) is 0 Å². The van der Waals surface area contributed by atoms with Crippen LogP contribution in [0.2, 0.25) is 0 Å². The lowest BCUT2D eigenvalue weighted by molar-refractivity contribution is -0.0769. The van der Waals surface area contributed by atoms with Crippen molar-refractivity contribution in [2.45, 2.75) is 46.3 Å². The van der Waals surface area contributed by atoms with E-state index in [1.54, 1.807) is 0 Å². The van der Waals surface area contributed by atoms with E-state index in [0.29, 0.717) is 6.54 Å². The van der Waals surface area contributed by atoms with Crippen LogP contribution in [0, 0.1) is 10.8 Å². The van der Waals surface area contributed by atoms with Gasteiger partial charge in [-0.05, 0) is 45.6 Å². The zero-order chi connectivity index (χ0) is 14.9. The van der Waals surface area contributed by atoms with Gasteiger partial charge in [-0.3, -0.25) is 4.90 Å². The number of rotatable bonds is 5. The van der Waals surface area contributed by atoms with Gasteiger partial charge in [0.1, 0.15) is 0 Å². The summed E-state index contributed by atoms with van der Waals surface area (Å²) in [5, 5.41) is 0. The second-order valence-electron chi connectivity index (χ2n) is 7.53. The van der Waals surface area contributed by atoms with Gasteiger partial charge in [0.25, 0.3) is 0 Å². The lowest BCUT2D eigenvalue weighted by Gasteiger charge is -2.58. The minimum absolute atomic E-state index is 0.0577. The zero-order valence-electron chi connectivity index (χ0n) is 13.8. The van der Waals surface area contributed by atoms with Crippen molar-refractivity contribution in [3.8, 4) is 0 Å². The maximum Gasteiger partial charge on any atom is 0.0897 e. The molecule has 0 aliphatic carbocycles. The summed E-state index contributed by atoms with van der Waals surface area (Å²) in [4.78, 5) is 4.34. The van der Waals surface area contributed by atoms with E-state index < -0.39 is 5.66 Å². The monoisotopic (exact) mass is 258 g/mol. The van der Waals surface area contributed by atoms with Gasteiger partial charge in [-0.2, -0.15) is 0 Å². The van der Waals surface area contributed by atoms with Crippen molar-refractivity contribution in [2.24, 2.45) is 22.3 Å². The predicted molar refractivity (Wildman–Crippen MR) is 80.4 cm³/mol. The van der Waals surface area contributed by atoms with Crippen molar-refractivity contribution in [1.29, 1.82) is 0 Å². The fourth-order valence-electron chi connectivity index (χ4n) is 3.13. The van der Waals surface area contributed by atoms with Crippen molar-refractivity contribution in [2.75, 3.05) is 34.7 Å². The van der Waals surface area contributed by atoms with Crippen molar-refractivity contribution in [3.05, 3.63) is 0 Å². The Morgan fingerprint density at radius 2 is 1.33 bits per heavy atom. The molecule has 0 saturated carbocycles. The average molecular weight is 258 g/mol. The first kappa shape index (κ1) is 17.8. The summed E-state index contributed by atoms with van der Waals surface area (Å²) in [6, 6.07) is 0.157. The molecular weight excluding hydrogens is 224 g/mol. The van der Waals surface area contributed by atoms with Crippen LogP contribution in [-0.4, -0.2) is 56.2 Å². The molecule has 0 aromatic rings. The first-order chi connectivity index (χ1) is 7.82. The Labute approximate surface area is 114 Å². The quantitative estimate of drug-likeness (QED) is 0.727. The van der Waals surface area contributed by atoms with E-state index in [4.69, 9.17) is 11.5 Å². The number of nitrogens with two attached hydrogens (primary N) is 2. The number of hydrogen-bond acceptors (Lipinski definition) is 4. The van der Waals surface area contributed by atoms with Crippen LogP contribution in [0.25, 0.3) is 0 Å². The fraction of sp³-hybridized carbons (Fsp3) is 1.00. The van der Waals surface area contributed by atoms with Crippen LogP contribution in [0.4, 0.5) is 0 Å². The van der Waals surface area contributed by atoms with Gasteiger partial charge < -0.3 is 16.4 Å². The van der Waals surface area contributed by atoms with Gasteiger partial charge in [0.15, 0.2) is 0 Å². The molecular formula is C14H34N4. The highest BCUT2D eigenvalue weighted by molar-refractivity contribution is 5.07. The Morgan fingerprint density at radius 1 is 0.944 bits per heavy atom. The van der Waals surface area contributed by atoms with Crippen LogP contribution in [-0.2, 0) is 0 Å². The molecule has 0 bridgehead atoms. The van der Waals surface area contributed by atoms with Gasteiger partial charge in [-0.25, -0.2) is 0 Å². The standard InChI is InChI=1S/C14H34N4/c1-12(2,3)14(16,18(8)9)11(17(6)7)13(4,5)10-15/h11H,10,15-16H2,1-9H3. The third kappa shape index (κ3) is 3.05. The summed E-state index contributed by atoms with van der Waals surface area (Å²) < 4.78 is 0. The van der Waals surface area contributed by atoms with E-state index in [0.717, 1.165) is 0 Å². The highest BCUT2D eigenvalue weighted by Crippen LogP contribution is 2.41. The van der Waals surface area contributed by atoms with Gasteiger partial charge in [0, 0.05) is 6.04 Å². The normalized spacial score (nSPS) is 19.2. The summed E-state index contributed by atoms with van der Waals surface area (Å²) in [6.07, 6.45) is 0. The van der Waals surface area contributed by atoms with Gasteiger partial charge in [0.2, 0.25) is 0 Å². The number of nitrogens with zero attached hydrogens (tertiary/aromatic N) is 2. The first-order valence-corrected chi connectivity index (χ1v) is 6.65. The van der Waals surface area contributed by atoms with Crippen molar-refractivity contribution in [1.82, 2.24) is 9.80 Å². The molecule has 0 saturated heterocycles. The highest BCUT2D eigenvalue weighted by atomic mass is 15.3. The van der Waals surface area contributed by atoms with Gasteiger partial charge in [-0.1, -0.05) is 34.6 Å². The third-order valence-electron chi connectivity index (χ3n) is 4.14. The molecule has 0 rings (SSSR count). The molecule has 4 heteroatoms. The second kappa shape index (κ2) is 5.45. The summed E-state index contributed by atoms with van der Waals surface area (Å²) in [6.45, 7) is 11.6. The minimum atomic E-state index is -0.459. The van der Waals surface area contributed by atoms with Crippen LogP contribution < -0.4 is 11.5 Å². The molecule has 0 spiro atoms. The molecule has 2 unspecified atom stereocenters. The third-order valence-corrected chi connectivity index (χ3v) is 4.14. The summed E-state index contributed by atoms with van der Waals surface area (Å²) in [7, 11) is 8.26. The summed E-state index contributed by atoms with van der Waals surface area (Å²) in [5.41, 5.74) is 12.3. The van der Waals surface area contributed by atoms with Crippen LogP contribution in [0.3, 0.4) is 0 Å². The molecule has 0 fully saturated rings. The van der Waals surface area contributed by atoms with Crippen LogP contribution in [0.1, 0.15) is 34.6 Å². The molecule has 0 amide bonds. The van der Waals surface area contributed by atoms with Crippen LogP contribution in [0.15, 0.2) is 0 Å². The topological polar surface area (TPSA) is 58.5 Å². The Morgan fingerprint density at radius 3 is 1.50 bits per heavy atom. The van der Waals surface area contributed by atoms with Crippen molar-refractivity contribution < 1.29 is 0 Å². The molecule has 0 heterocycles. The summed E-state index contributed by atoms with van der Waals surface area (Å²) >= 11 is 0. The minimum Gasteiger partial charge on any atom is -0.330 e. The molecule has 2 atom stereocenters. The largest absolute Gasteiger partial charge is 0.330 e. The molecule has 4 N–H and O–H groups in total. The van der Waals surface area contributed by atoms with E-state index in [1.807, 2.05) is 14.1 Å². The van der Waals surface area contributed by atoms with E-state index in [2.05, 4.69) is 58.5 Å². The zero-order valence-corrected chi connectivity index (χ0v) is 13.8. The fourth-order valence-corrected chi connectivity index (χ4v) is 3.13. The Hall–Kier alpha value is -0.160. The van der Waals surface area contributed by atoms with E-state index in [9.17, 15) is 0 Å². The molecule has 18 heavy (non-hydrogen) atoms. The van der Waals surface area contributed by atoms with Crippen LogP contribution in [0.5, 0.6) is 0 Å². The van der Waals surface area contributed by atoms with E-state index >= 15 is 0 Å². The van der Waals surface area contributed by atoms with E-state index in [-0.39, 0.29) is 16.9 Å². The Kier molecular flexibility index (Phi) is 5.40. The molecule has 110 valence electrons. The van der Waals surface area contributed by atoms with Gasteiger partial charge in [0.05, 0.1) is 5.66 Å². The lowest BCUT2D eigenvalue weighted by atomic mass is 9.66. The molecule has 0 aliphatic heterocycles. The van der Waals surface area contributed by atoms with Gasteiger partial charge >= 0.3 is 0 Å². The number of likely N-dealkylation sites (N-methyl/N-ethyl adjacent to an activating group) is 2. The first-order valence-electron chi connectivity index (χ1n) is 6.65. The molecule has 0 aromatic carbocycles. The molecule has 0 radical (unpaired) electrons. The maximum atomic E-state index is 6.85. The van der Waals surface area contributed by atoms with Crippen molar-refractivity contribution in [3.63, 3.8) is 0 Å². The van der Waals surface area contributed by atoms with E-state index in [1.165, 1.54) is 0 Å². The Balaban J connectivity index is 5.84. The maximum absolute atomic E-state index is 6.85. The number of hydrogen-bond donors (Lipinski definition) is 2. The van der Waals surface area contributed by atoms with Crippen LogP contribution >= 0.6 is 0 Å². The smallest absolute Gasteiger partial charge is 0.0897 e. The summed E-state index contributed by atoms with van der Waals surface area (Å²) in [5.74, 6) is 0. The molecule has 4 nitrogen and oxygen atoms in total. The molecule has 0 aliphatic rings. The predicted octanol–water partition coefficient (Wildman–Crippen LogP) is 1.16. The van der Waals surface area contributed by atoms with Crippen molar-refractivity contribution >= 4 is 0 Å². The lowest BCUT2D eigenvalue weighted by Crippen LogP contribution is -2.75. The SMILES string of the molecule is CN(C)C(C(C)(C)CN)C(N)(N(C)C)C(C)(C)C. The Bertz CT molecular complexity index is 265. The average Bonchev–Trinajstić information content (AvgIpc) is 2.14. The second-order valence-corrected chi connectivity index (χ2v) is 7.53. The molecule has 0 aromatic heterocycles.